The number of aliphatic carboxylic acids is 1. The first-order valence-corrected chi connectivity index (χ1v) is 13.2. The number of carboxylic acid groups (broad SMARTS) is 1. The summed E-state index contributed by atoms with van der Waals surface area (Å²) in [7, 11) is 0. The molecule has 1 aliphatic rings. The Hall–Kier alpha value is -3.86. The number of hydrogen-bond donors (Lipinski definition) is 5. The van der Waals surface area contributed by atoms with Crippen molar-refractivity contribution in [1.82, 2.24) is 5.32 Å². The van der Waals surface area contributed by atoms with Crippen LogP contribution in [0.1, 0.15) is 68.8 Å². The van der Waals surface area contributed by atoms with E-state index in [1.165, 1.54) is 11.3 Å². The molecule has 0 unspecified atom stereocenters. The summed E-state index contributed by atoms with van der Waals surface area (Å²) in [5.41, 5.74) is 12.9. The number of rotatable bonds is 9. The monoisotopic (exact) mass is 542 g/mol. The molecule has 1 atom stereocenters. The molecule has 10 nitrogen and oxygen atoms in total. The average molecular weight is 543 g/mol. The maximum absolute atomic E-state index is 12.2. The quantitative estimate of drug-likeness (QED) is 0.300. The standard InChI is InChI=1S/C27H34N4O6S/c1-27(2,3)37-26(36)30-20(24(33)34)12-11-18(15-7-4-5-8-15)16-9-6-10-17(13-16)21-14-19(22(28)32)23(38-21)31-25(29)35/h6,9-11,13-15,20H,4-5,7-8,12H2,1-3H3,(H2,28,32)(H,30,36)(H,33,34)(H3,29,31,35)/b18-11+/t20-/m0/s1. The van der Waals surface area contributed by atoms with E-state index < -0.39 is 35.6 Å². The topological polar surface area (TPSA) is 174 Å². The van der Waals surface area contributed by atoms with Crippen molar-refractivity contribution in [2.75, 3.05) is 5.32 Å². The molecule has 1 aliphatic carbocycles. The maximum atomic E-state index is 12.2. The van der Waals surface area contributed by atoms with E-state index >= 15 is 0 Å². The number of alkyl carbamates (subject to hydrolysis) is 1. The second-order valence-electron chi connectivity index (χ2n) is 10.2. The van der Waals surface area contributed by atoms with Gasteiger partial charge in [-0.1, -0.05) is 37.1 Å². The van der Waals surface area contributed by atoms with Crippen molar-refractivity contribution in [2.45, 2.75) is 64.5 Å². The SMILES string of the molecule is CC(C)(C)OC(=O)N[C@@H](C/C=C(/c1cccc(-c2cc(C(N)=O)c(NC(N)=O)s2)c1)C1CCCC1)C(=O)O. The van der Waals surface area contributed by atoms with Gasteiger partial charge in [0.25, 0.3) is 5.91 Å². The Labute approximate surface area is 225 Å². The molecule has 11 heteroatoms. The number of benzene rings is 1. The van der Waals surface area contributed by atoms with Crippen LogP contribution in [0, 0.1) is 5.92 Å². The van der Waals surface area contributed by atoms with Crippen molar-refractivity contribution < 1.29 is 29.0 Å². The van der Waals surface area contributed by atoms with Gasteiger partial charge in [-0.05, 0) is 74.8 Å². The number of nitrogens with one attached hydrogen (secondary N) is 2. The predicted molar refractivity (Wildman–Crippen MR) is 147 cm³/mol. The maximum Gasteiger partial charge on any atom is 0.408 e. The smallest absolute Gasteiger partial charge is 0.408 e. The van der Waals surface area contributed by atoms with Crippen molar-refractivity contribution in [2.24, 2.45) is 17.4 Å². The molecule has 3 rings (SSSR count). The number of carboxylic acids is 1. The van der Waals surface area contributed by atoms with Gasteiger partial charge in [-0.15, -0.1) is 11.3 Å². The van der Waals surface area contributed by atoms with Gasteiger partial charge < -0.3 is 26.6 Å². The summed E-state index contributed by atoms with van der Waals surface area (Å²) in [5.74, 6) is -1.59. The second-order valence-corrected chi connectivity index (χ2v) is 11.3. The van der Waals surface area contributed by atoms with Crippen LogP contribution in [0.4, 0.5) is 14.6 Å². The Bertz CT molecular complexity index is 1240. The lowest BCUT2D eigenvalue weighted by Gasteiger charge is -2.22. The van der Waals surface area contributed by atoms with Gasteiger partial charge in [-0.25, -0.2) is 14.4 Å². The van der Waals surface area contributed by atoms with E-state index in [0.717, 1.165) is 42.4 Å². The molecule has 1 saturated carbocycles. The predicted octanol–water partition coefficient (Wildman–Crippen LogP) is 4.95. The van der Waals surface area contributed by atoms with Crippen molar-refractivity contribution in [3.05, 3.63) is 47.5 Å². The summed E-state index contributed by atoms with van der Waals surface area (Å²) in [6.07, 6.45) is 5.29. The zero-order chi connectivity index (χ0) is 28.0. The zero-order valence-electron chi connectivity index (χ0n) is 21.7. The first-order chi connectivity index (χ1) is 17.8. The molecule has 1 fully saturated rings. The number of nitrogens with two attached hydrogens (primary N) is 2. The summed E-state index contributed by atoms with van der Waals surface area (Å²) in [6.45, 7) is 5.13. The number of ether oxygens (including phenoxy) is 1. The van der Waals surface area contributed by atoms with E-state index in [-0.39, 0.29) is 22.9 Å². The number of urea groups is 1. The fourth-order valence-electron chi connectivity index (χ4n) is 4.45. The fraction of sp³-hybridized carbons (Fsp3) is 0.407. The van der Waals surface area contributed by atoms with Crippen LogP contribution in [0.3, 0.4) is 0 Å². The van der Waals surface area contributed by atoms with E-state index in [1.54, 1.807) is 26.8 Å². The molecular weight excluding hydrogens is 508 g/mol. The van der Waals surface area contributed by atoms with Crippen molar-refractivity contribution in [3.8, 4) is 10.4 Å². The van der Waals surface area contributed by atoms with Crippen LogP contribution in [0.15, 0.2) is 36.4 Å². The number of hydrogen-bond acceptors (Lipinski definition) is 6. The Morgan fingerprint density at radius 3 is 2.42 bits per heavy atom. The number of carbonyl (C=O) groups excluding carboxylic acids is 3. The Morgan fingerprint density at radius 1 is 1.16 bits per heavy atom. The molecule has 2 aromatic rings. The minimum Gasteiger partial charge on any atom is -0.480 e. The van der Waals surface area contributed by atoms with Crippen LogP contribution >= 0.6 is 11.3 Å². The van der Waals surface area contributed by atoms with Crippen LogP contribution in [0.2, 0.25) is 0 Å². The summed E-state index contributed by atoms with van der Waals surface area (Å²) in [4.78, 5) is 48.1. The first-order valence-electron chi connectivity index (χ1n) is 12.4. The summed E-state index contributed by atoms with van der Waals surface area (Å²) < 4.78 is 5.23. The van der Waals surface area contributed by atoms with Crippen LogP contribution in [-0.4, -0.2) is 40.8 Å². The molecule has 0 spiro atoms. The largest absolute Gasteiger partial charge is 0.480 e. The van der Waals surface area contributed by atoms with Gasteiger partial charge in [-0.3, -0.25) is 10.1 Å². The van der Waals surface area contributed by atoms with Gasteiger partial charge in [0.1, 0.15) is 16.6 Å². The van der Waals surface area contributed by atoms with Crippen LogP contribution in [0.25, 0.3) is 16.0 Å². The molecule has 1 heterocycles. The van der Waals surface area contributed by atoms with Crippen LogP contribution in [0.5, 0.6) is 0 Å². The van der Waals surface area contributed by atoms with Crippen molar-refractivity contribution >= 4 is 45.9 Å². The highest BCUT2D eigenvalue weighted by molar-refractivity contribution is 7.20. The molecule has 38 heavy (non-hydrogen) atoms. The molecule has 4 amide bonds. The normalized spacial score (nSPS) is 15.1. The average Bonchev–Trinajstić information content (AvgIpc) is 3.47. The molecule has 7 N–H and O–H groups in total. The Balaban J connectivity index is 1.93. The van der Waals surface area contributed by atoms with E-state index in [0.29, 0.717) is 4.88 Å². The van der Waals surface area contributed by atoms with Gasteiger partial charge in [0.15, 0.2) is 0 Å². The molecule has 0 bridgehead atoms. The number of thiophene rings is 1. The summed E-state index contributed by atoms with van der Waals surface area (Å²) in [5, 5.41) is 14.9. The Kier molecular flexibility index (Phi) is 9.16. The highest BCUT2D eigenvalue weighted by Crippen LogP contribution is 2.40. The molecule has 204 valence electrons. The van der Waals surface area contributed by atoms with E-state index in [4.69, 9.17) is 16.2 Å². The van der Waals surface area contributed by atoms with E-state index in [9.17, 15) is 24.3 Å². The lowest BCUT2D eigenvalue weighted by atomic mass is 9.88. The zero-order valence-corrected chi connectivity index (χ0v) is 22.5. The number of primary amides is 2. The number of anilines is 1. The molecule has 0 radical (unpaired) electrons. The van der Waals surface area contributed by atoms with Gasteiger partial charge >= 0.3 is 18.1 Å². The third kappa shape index (κ3) is 7.82. The van der Waals surface area contributed by atoms with Crippen molar-refractivity contribution in [1.29, 1.82) is 0 Å². The number of allylic oxidation sites excluding steroid dienone is 1. The highest BCUT2D eigenvalue weighted by atomic mass is 32.1. The third-order valence-corrected chi connectivity index (χ3v) is 7.17. The molecule has 0 saturated heterocycles. The number of carbonyl (C=O) groups is 4. The van der Waals surface area contributed by atoms with Gasteiger partial charge in [0, 0.05) is 4.88 Å². The second kappa shape index (κ2) is 12.1. The minimum atomic E-state index is -1.15. The lowest BCUT2D eigenvalue weighted by Crippen LogP contribution is -2.43. The van der Waals surface area contributed by atoms with E-state index in [2.05, 4.69) is 10.6 Å². The summed E-state index contributed by atoms with van der Waals surface area (Å²) >= 11 is 1.18. The first kappa shape index (κ1) is 28.7. The number of amides is 4. The van der Waals surface area contributed by atoms with Crippen LogP contribution in [-0.2, 0) is 9.53 Å². The molecule has 0 aliphatic heterocycles. The third-order valence-electron chi connectivity index (χ3n) is 6.07. The van der Waals surface area contributed by atoms with Gasteiger partial charge in [0.2, 0.25) is 0 Å². The molecular formula is C27H34N4O6S. The van der Waals surface area contributed by atoms with Gasteiger partial charge in [0.05, 0.1) is 5.56 Å². The minimum absolute atomic E-state index is 0.0855. The van der Waals surface area contributed by atoms with Crippen LogP contribution < -0.4 is 22.1 Å². The van der Waals surface area contributed by atoms with Gasteiger partial charge in [-0.2, -0.15) is 0 Å². The molecule has 1 aromatic carbocycles. The highest BCUT2D eigenvalue weighted by Gasteiger charge is 2.26. The Morgan fingerprint density at radius 2 is 1.84 bits per heavy atom. The summed E-state index contributed by atoms with van der Waals surface area (Å²) in [6, 6.07) is 7.34. The van der Waals surface area contributed by atoms with E-state index in [1.807, 2.05) is 30.3 Å². The van der Waals surface area contributed by atoms with Crippen molar-refractivity contribution in [3.63, 3.8) is 0 Å². The lowest BCUT2D eigenvalue weighted by molar-refractivity contribution is -0.139. The molecule has 1 aromatic heterocycles. The fourth-order valence-corrected chi connectivity index (χ4v) is 5.51.